The summed E-state index contributed by atoms with van der Waals surface area (Å²) < 4.78 is 1.89. The second-order valence-corrected chi connectivity index (χ2v) is 5.47. The number of nitrogens with zero attached hydrogens (tertiary/aromatic N) is 4. The van der Waals surface area contributed by atoms with E-state index in [-0.39, 0.29) is 28.9 Å². The van der Waals surface area contributed by atoms with Crippen molar-refractivity contribution in [2.24, 2.45) is 0 Å². The third-order valence-corrected chi connectivity index (χ3v) is 4.07. The maximum absolute atomic E-state index is 12.5. The predicted molar refractivity (Wildman–Crippen MR) is 81.2 cm³/mol. The number of phenols is 1. The number of phenolic OH excluding ortho intramolecular Hbond substituents is 1. The summed E-state index contributed by atoms with van der Waals surface area (Å²) in [5.74, 6) is -0.672. The van der Waals surface area contributed by atoms with Crippen LogP contribution >= 0.6 is 0 Å². The Balaban J connectivity index is 1.69. The molecule has 0 unspecified atom stereocenters. The molecule has 1 aromatic carbocycles. The van der Waals surface area contributed by atoms with E-state index in [9.17, 15) is 20.0 Å². The first-order chi connectivity index (χ1) is 11.1. The Bertz CT molecular complexity index is 721. The first-order valence-electron chi connectivity index (χ1n) is 7.32. The van der Waals surface area contributed by atoms with Gasteiger partial charge in [0.25, 0.3) is 11.6 Å². The van der Waals surface area contributed by atoms with E-state index in [1.165, 1.54) is 12.1 Å². The molecule has 0 bridgehead atoms. The summed E-state index contributed by atoms with van der Waals surface area (Å²) in [5, 5.41) is 24.8. The zero-order chi connectivity index (χ0) is 16.4. The van der Waals surface area contributed by atoms with Gasteiger partial charge < -0.3 is 10.0 Å². The third kappa shape index (κ3) is 3.01. The number of rotatable bonds is 3. The molecule has 8 nitrogen and oxygen atoms in total. The van der Waals surface area contributed by atoms with Crippen LogP contribution < -0.4 is 0 Å². The largest absolute Gasteiger partial charge is 0.507 e. The lowest BCUT2D eigenvalue weighted by molar-refractivity contribution is -0.384. The average Bonchev–Trinajstić information content (AvgIpc) is 3.08. The molecule has 1 aliphatic heterocycles. The van der Waals surface area contributed by atoms with Gasteiger partial charge in [0, 0.05) is 31.5 Å². The summed E-state index contributed by atoms with van der Waals surface area (Å²) in [6.45, 7) is 1.11. The number of benzene rings is 1. The molecule has 0 aliphatic carbocycles. The van der Waals surface area contributed by atoms with Crippen molar-refractivity contribution in [3.63, 3.8) is 0 Å². The Morgan fingerprint density at radius 2 is 2.09 bits per heavy atom. The van der Waals surface area contributed by atoms with Crippen molar-refractivity contribution in [3.8, 4) is 5.75 Å². The van der Waals surface area contributed by atoms with E-state index in [0.29, 0.717) is 13.1 Å². The molecule has 0 spiro atoms. The van der Waals surface area contributed by atoms with Crippen molar-refractivity contribution in [3.05, 3.63) is 52.3 Å². The molecule has 23 heavy (non-hydrogen) atoms. The van der Waals surface area contributed by atoms with Crippen molar-refractivity contribution in [1.29, 1.82) is 0 Å². The van der Waals surface area contributed by atoms with E-state index in [1.54, 1.807) is 11.1 Å². The molecular formula is C15H16N4O4. The van der Waals surface area contributed by atoms with Crippen LogP contribution in [0.2, 0.25) is 0 Å². The topological polar surface area (TPSA) is 101 Å². The zero-order valence-corrected chi connectivity index (χ0v) is 12.3. The number of carbonyl (C=O) groups excluding carboxylic acids is 1. The van der Waals surface area contributed by atoms with Gasteiger partial charge >= 0.3 is 0 Å². The number of aromatic nitrogens is 2. The lowest BCUT2D eigenvalue weighted by Gasteiger charge is -2.32. The number of hydrogen-bond acceptors (Lipinski definition) is 5. The highest BCUT2D eigenvalue weighted by Gasteiger charge is 2.26. The van der Waals surface area contributed by atoms with Crippen LogP contribution in [0.4, 0.5) is 5.69 Å². The fourth-order valence-electron chi connectivity index (χ4n) is 2.81. The molecular weight excluding hydrogens is 300 g/mol. The van der Waals surface area contributed by atoms with E-state index >= 15 is 0 Å². The lowest BCUT2D eigenvalue weighted by atomic mass is 10.0. The Hall–Kier alpha value is -2.90. The lowest BCUT2D eigenvalue weighted by Crippen LogP contribution is -2.39. The monoisotopic (exact) mass is 316 g/mol. The number of likely N-dealkylation sites (tertiary alicyclic amines) is 1. The fraction of sp³-hybridized carbons (Fsp3) is 0.333. The Morgan fingerprint density at radius 3 is 2.65 bits per heavy atom. The quantitative estimate of drug-likeness (QED) is 0.689. The number of aromatic hydroxyl groups is 1. The number of nitro groups is 1. The number of piperidine rings is 1. The van der Waals surface area contributed by atoms with Crippen molar-refractivity contribution in [2.45, 2.75) is 18.9 Å². The molecule has 8 heteroatoms. The summed E-state index contributed by atoms with van der Waals surface area (Å²) in [5.41, 5.74) is -0.149. The van der Waals surface area contributed by atoms with Gasteiger partial charge in [-0.15, -0.1) is 0 Å². The summed E-state index contributed by atoms with van der Waals surface area (Å²) in [6, 6.07) is 5.66. The van der Waals surface area contributed by atoms with Crippen LogP contribution in [0.3, 0.4) is 0 Å². The summed E-state index contributed by atoms with van der Waals surface area (Å²) >= 11 is 0. The van der Waals surface area contributed by atoms with E-state index in [0.717, 1.165) is 18.9 Å². The van der Waals surface area contributed by atoms with Crippen LogP contribution in [0, 0.1) is 10.1 Å². The SMILES string of the molecule is O=C(c1ccc([N+](=O)[O-])cc1O)N1CCC(n2cccn2)CC1. The van der Waals surface area contributed by atoms with Gasteiger partial charge in [-0.3, -0.25) is 19.6 Å². The van der Waals surface area contributed by atoms with Gasteiger partial charge in [-0.25, -0.2) is 0 Å². The number of nitro benzene ring substituents is 1. The van der Waals surface area contributed by atoms with Crippen molar-refractivity contribution in [1.82, 2.24) is 14.7 Å². The molecule has 3 rings (SSSR count). The highest BCUT2D eigenvalue weighted by Crippen LogP contribution is 2.27. The van der Waals surface area contributed by atoms with E-state index in [1.807, 2.05) is 16.9 Å². The minimum atomic E-state index is -0.608. The molecule has 1 amide bonds. The van der Waals surface area contributed by atoms with Crippen LogP contribution in [-0.4, -0.2) is 43.7 Å². The molecule has 1 saturated heterocycles. The van der Waals surface area contributed by atoms with Gasteiger partial charge in [-0.2, -0.15) is 5.10 Å². The van der Waals surface area contributed by atoms with E-state index < -0.39 is 4.92 Å². The normalized spacial score (nSPS) is 15.6. The van der Waals surface area contributed by atoms with E-state index in [4.69, 9.17) is 0 Å². The molecule has 0 atom stereocenters. The molecule has 2 aromatic rings. The summed E-state index contributed by atoms with van der Waals surface area (Å²) in [4.78, 5) is 24.2. The van der Waals surface area contributed by atoms with Gasteiger partial charge in [-0.05, 0) is 25.0 Å². The molecule has 1 aromatic heterocycles. The highest BCUT2D eigenvalue weighted by molar-refractivity contribution is 5.97. The minimum Gasteiger partial charge on any atom is -0.507 e. The number of hydrogen-bond donors (Lipinski definition) is 1. The molecule has 1 aliphatic rings. The zero-order valence-electron chi connectivity index (χ0n) is 12.3. The number of non-ortho nitro benzene ring substituents is 1. The summed E-state index contributed by atoms with van der Waals surface area (Å²) in [6.07, 6.45) is 5.19. The van der Waals surface area contributed by atoms with Crippen LogP contribution in [0.1, 0.15) is 29.2 Å². The van der Waals surface area contributed by atoms with Gasteiger partial charge in [0.2, 0.25) is 0 Å². The van der Waals surface area contributed by atoms with Crippen LogP contribution in [0.5, 0.6) is 5.75 Å². The fourth-order valence-corrected chi connectivity index (χ4v) is 2.81. The van der Waals surface area contributed by atoms with Crippen LogP contribution in [-0.2, 0) is 0 Å². The molecule has 1 N–H and O–H groups in total. The van der Waals surface area contributed by atoms with Gasteiger partial charge in [0.15, 0.2) is 0 Å². The Labute approximate surface area is 132 Å². The van der Waals surface area contributed by atoms with Gasteiger partial charge in [0.05, 0.1) is 22.6 Å². The minimum absolute atomic E-state index is 0.0909. The smallest absolute Gasteiger partial charge is 0.273 e. The Morgan fingerprint density at radius 1 is 1.35 bits per heavy atom. The van der Waals surface area contributed by atoms with Crippen LogP contribution in [0.15, 0.2) is 36.7 Å². The highest BCUT2D eigenvalue weighted by atomic mass is 16.6. The number of carbonyl (C=O) groups is 1. The maximum Gasteiger partial charge on any atom is 0.273 e. The first-order valence-corrected chi connectivity index (χ1v) is 7.32. The molecule has 0 saturated carbocycles. The molecule has 2 heterocycles. The standard InChI is InChI=1S/C15H16N4O4/c20-14-10-12(19(22)23)2-3-13(14)15(21)17-8-4-11(5-9-17)18-7-1-6-16-18/h1-3,6-7,10-11,20H,4-5,8-9H2. The first kappa shape index (κ1) is 15.0. The number of amides is 1. The van der Waals surface area contributed by atoms with Crippen molar-refractivity contribution >= 4 is 11.6 Å². The Kier molecular flexibility index (Phi) is 3.96. The van der Waals surface area contributed by atoms with Gasteiger partial charge in [0.1, 0.15) is 5.75 Å². The summed E-state index contributed by atoms with van der Waals surface area (Å²) in [7, 11) is 0. The van der Waals surface area contributed by atoms with Crippen LogP contribution in [0.25, 0.3) is 0 Å². The van der Waals surface area contributed by atoms with E-state index in [2.05, 4.69) is 5.10 Å². The second kappa shape index (κ2) is 6.07. The molecule has 120 valence electrons. The van der Waals surface area contributed by atoms with Gasteiger partial charge in [-0.1, -0.05) is 0 Å². The van der Waals surface area contributed by atoms with Crippen molar-refractivity contribution < 1.29 is 14.8 Å². The average molecular weight is 316 g/mol. The third-order valence-electron chi connectivity index (χ3n) is 4.07. The maximum atomic E-state index is 12.5. The van der Waals surface area contributed by atoms with Crippen molar-refractivity contribution in [2.75, 3.05) is 13.1 Å². The molecule has 1 fully saturated rings. The molecule has 0 radical (unpaired) electrons. The predicted octanol–water partition coefficient (Wildman–Crippen LogP) is 1.97. The second-order valence-electron chi connectivity index (χ2n) is 5.47.